The van der Waals surface area contributed by atoms with Crippen molar-refractivity contribution in [3.05, 3.63) is 160 Å². The van der Waals surface area contributed by atoms with Crippen molar-refractivity contribution in [1.82, 2.24) is 4.98 Å². The smallest absolute Gasteiger partial charge is 0.0267 e. The molecule has 0 spiro atoms. The minimum Gasteiger partial charge on any atom is -0.265 e. The summed E-state index contributed by atoms with van der Waals surface area (Å²) in [5.41, 5.74) is 10.1. The summed E-state index contributed by atoms with van der Waals surface area (Å²) in [6.45, 7) is 0. The van der Waals surface area contributed by atoms with E-state index in [1.807, 2.05) is 18.2 Å². The Morgan fingerprint density at radius 3 is 2.08 bits per heavy atom. The number of rotatable bonds is 3. The van der Waals surface area contributed by atoms with Gasteiger partial charge in [-0.25, -0.2) is 0 Å². The largest absolute Gasteiger partial charge is 0.265 e. The molecule has 1 unspecified atom stereocenters. The van der Waals surface area contributed by atoms with E-state index in [4.69, 9.17) is 0 Å². The monoisotopic (exact) mass is 477 g/mol. The summed E-state index contributed by atoms with van der Waals surface area (Å²) in [6, 6.07) is 41.5. The maximum absolute atomic E-state index is 3.78. The molecule has 0 saturated carbocycles. The fourth-order valence-electron chi connectivity index (χ4n) is 5.88. The maximum atomic E-state index is 3.78. The number of fused-ring (bicyclic) bond motifs is 5. The first-order valence-electron chi connectivity index (χ1n) is 13.3. The molecule has 1 heteroatoms. The van der Waals surface area contributed by atoms with Crippen molar-refractivity contribution in [3.8, 4) is 11.1 Å². The molecule has 1 aromatic heterocycles. The van der Waals surface area contributed by atoms with E-state index in [1.165, 1.54) is 55.8 Å². The van der Waals surface area contributed by atoms with Crippen molar-refractivity contribution in [1.29, 1.82) is 0 Å². The van der Waals surface area contributed by atoms with Crippen molar-refractivity contribution in [2.24, 2.45) is 0 Å². The minimum atomic E-state index is 0.570. The molecule has 0 bridgehead atoms. The van der Waals surface area contributed by atoms with Crippen LogP contribution in [0.3, 0.4) is 0 Å². The van der Waals surface area contributed by atoms with Gasteiger partial charge >= 0.3 is 0 Å². The van der Waals surface area contributed by atoms with Crippen LogP contribution in [0.5, 0.6) is 0 Å². The van der Waals surface area contributed by atoms with Crippen LogP contribution in [0.25, 0.3) is 22.8 Å². The van der Waals surface area contributed by atoms with Crippen LogP contribution in [0, 0.1) is 0 Å². The second kappa shape index (κ2) is 10.8. The average Bonchev–Trinajstić information content (AvgIpc) is 2.99. The highest BCUT2D eigenvalue weighted by molar-refractivity contribution is 5.77. The average molecular weight is 478 g/mol. The van der Waals surface area contributed by atoms with Crippen molar-refractivity contribution >= 4 is 11.6 Å². The third kappa shape index (κ3) is 4.90. The van der Waals surface area contributed by atoms with E-state index >= 15 is 0 Å². The molecule has 7 rings (SSSR count). The predicted octanol–water partition coefficient (Wildman–Crippen LogP) is 7.09. The predicted molar refractivity (Wildman–Crippen MR) is 155 cm³/mol. The van der Waals surface area contributed by atoms with Crippen LogP contribution in [-0.4, -0.2) is 4.98 Å². The SMILES string of the molecule is C1=c2c(ccc3c2=C(c2ccccc2)CCC3Cc2ccccc2)-c2ccccc2C1.c1ccncc1. The fraction of sp³-hybridized carbons (Fsp3) is 0.139. The first-order chi connectivity index (χ1) is 18.4. The third-order valence-corrected chi connectivity index (χ3v) is 7.61. The summed E-state index contributed by atoms with van der Waals surface area (Å²) in [4.78, 5) is 3.78. The molecule has 180 valence electrons. The summed E-state index contributed by atoms with van der Waals surface area (Å²) in [6.07, 6.45) is 10.5. The molecule has 0 radical (unpaired) electrons. The molecule has 0 amide bonds. The standard InChI is InChI=1S/C31H26.C5H5N/c1-3-9-22(10-4-1)21-25-16-17-27(23-11-5-2-6-12-23)31-28(25)19-20-29-26-14-8-7-13-24(26)15-18-30(29)31;1-2-4-6-5-3-1/h1-14,18-20,25H,15-17,21H2;1-5H. The lowest BCUT2D eigenvalue weighted by Crippen LogP contribution is -2.38. The van der Waals surface area contributed by atoms with Crippen LogP contribution in [0.4, 0.5) is 0 Å². The van der Waals surface area contributed by atoms with E-state index in [9.17, 15) is 0 Å². The van der Waals surface area contributed by atoms with Crippen LogP contribution in [0.1, 0.15) is 41.0 Å². The van der Waals surface area contributed by atoms with Crippen LogP contribution in [-0.2, 0) is 12.8 Å². The van der Waals surface area contributed by atoms with Crippen LogP contribution < -0.4 is 10.4 Å². The summed E-state index contributed by atoms with van der Waals surface area (Å²) in [5.74, 6) is 0.570. The van der Waals surface area contributed by atoms with E-state index in [-0.39, 0.29) is 0 Å². The second-order valence-corrected chi connectivity index (χ2v) is 9.85. The van der Waals surface area contributed by atoms with Crippen molar-refractivity contribution in [2.75, 3.05) is 0 Å². The minimum absolute atomic E-state index is 0.570. The molecule has 0 aliphatic heterocycles. The van der Waals surface area contributed by atoms with Crippen LogP contribution in [0.15, 0.2) is 128 Å². The zero-order chi connectivity index (χ0) is 24.9. The molecular formula is C36H31N. The first kappa shape index (κ1) is 23.2. The quantitative estimate of drug-likeness (QED) is 0.270. The van der Waals surface area contributed by atoms with Gasteiger partial charge in [0.2, 0.25) is 0 Å². The molecule has 2 aliphatic carbocycles. The number of hydrogen-bond donors (Lipinski definition) is 0. The van der Waals surface area contributed by atoms with Crippen molar-refractivity contribution in [3.63, 3.8) is 0 Å². The Kier molecular flexibility index (Phi) is 6.77. The van der Waals surface area contributed by atoms with E-state index < -0.39 is 0 Å². The Balaban J connectivity index is 0.000000372. The van der Waals surface area contributed by atoms with Gasteiger partial charge in [0, 0.05) is 12.4 Å². The zero-order valence-corrected chi connectivity index (χ0v) is 21.1. The molecular weight excluding hydrogens is 446 g/mol. The van der Waals surface area contributed by atoms with Crippen molar-refractivity contribution < 1.29 is 0 Å². The topological polar surface area (TPSA) is 12.9 Å². The molecule has 0 N–H and O–H groups in total. The van der Waals surface area contributed by atoms with Gasteiger partial charge in [-0.2, -0.15) is 0 Å². The van der Waals surface area contributed by atoms with Gasteiger partial charge in [0.05, 0.1) is 0 Å². The van der Waals surface area contributed by atoms with E-state index in [0.29, 0.717) is 5.92 Å². The summed E-state index contributed by atoms with van der Waals surface area (Å²) in [7, 11) is 0. The van der Waals surface area contributed by atoms with Gasteiger partial charge < -0.3 is 0 Å². The van der Waals surface area contributed by atoms with Crippen LogP contribution >= 0.6 is 0 Å². The van der Waals surface area contributed by atoms with Gasteiger partial charge in [-0.3, -0.25) is 4.98 Å². The summed E-state index contributed by atoms with van der Waals surface area (Å²) >= 11 is 0. The van der Waals surface area contributed by atoms with Crippen molar-refractivity contribution in [2.45, 2.75) is 31.6 Å². The molecule has 0 saturated heterocycles. The molecule has 1 nitrogen and oxygen atoms in total. The molecule has 1 heterocycles. The van der Waals surface area contributed by atoms with Gasteiger partial charge in [0.25, 0.3) is 0 Å². The molecule has 1 atom stereocenters. The Morgan fingerprint density at radius 1 is 0.649 bits per heavy atom. The highest BCUT2D eigenvalue weighted by atomic mass is 14.6. The van der Waals surface area contributed by atoms with E-state index in [2.05, 4.69) is 108 Å². The lowest BCUT2D eigenvalue weighted by atomic mass is 9.76. The molecule has 2 aliphatic rings. The van der Waals surface area contributed by atoms with E-state index in [0.717, 1.165) is 19.3 Å². The Bertz CT molecular complexity index is 1580. The molecule has 0 fully saturated rings. The van der Waals surface area contributed by atoms with Gasteiger partial charge in [0.1, 0.15) is 0 Å². The zero-order valence-electron chi connectivity index (χ0n) is 21.1. The van der Waals surface area contributed by atoms with Gasteiger partial charge in [-0.1, -0.05) is 109 Å². The number of nitrogens with zero attached hydrogens (tertiary/aromatic N) is 1. The van der Waals surface area contributed by atoms with Gasteiger partial charge in [-0.05, 0) is 93.1 Å². The number of hydrogen-bond acceptors (Lipinski definition) is 1. The number of benzene rings is 4. The molecule has 37 heavy (non-hydrogen) atoms. The summed E-state index contributed by atoms with van der Waals surface area (Å²) < 4.78 is 0. The Labute approximate surface area is 219 Å². The normalized spacial score (nSPS) is 15.2. The lowest BCUT2D eigenvalue weighted by molar-refractivity contribution is 0.615. The Morgan fingerprint density at radius 2 is 1.35 bits per heavy atom. The number of pyridine rings is 1. The molecule has 4 aromatic carbocycles. The second-order valence-electron chi connectivity index (χ2n) is 9.85. The van der Waals surface area contributed by atoms with Crippen LogP contribution in [0.2, 0.25) is 0 Å². The first-order valence-corrected chi connectivity index (χ1v) is 13.3. The van der Waals surface area contributed by atoms with Gasteiger partial charge in [-0.15, -0.1) is 0 Å². The number of aromatic nitrogens is 1. The maximum Gasteiger partial charge on any atom is 0.0267 e. The van der Waals surface area contributed by atoms with E-state index in [1.54, 1.807) is 12.4 Å². The molecule has 5 aromatic rings. The fourth-order valence-corrected chi connectivity index (χ4v) is 5.88. The summed E-state index contributed by atoms with van der Waals surface area (Å²) in [5, 5.41) is 2.96. The highest BCUT2D eigenvalue weighted by Crippen LogP contribution is 2.33. The Hall–Kier alpha value is -4.23. The lowest BCUT2D eigenvalue weighted by Gasteiger charge is -2.28. The van der Waals surface area contributed by atoms with Gasteiger partial charge in [0.15, 0.2) is 0 Å². The highest BCUT2D eigenvalue weighted by Gasteiger charge is 2.24. The third-order valence-electron chi connectivity index (χ3n) is 7.61.